The third-order valence-electron chi connectivity index (χ3n) is 3.38. The normalized spacial score (nSPS) is 17.9. The van der Waals surface area contributed by atoms with E-state index in [2.05, 4.69) is 5.32 Å². The number of aromatic carboxylic acids is 1. The molecule has 0 bridgehead atoms. The van der Waals surface area contributed by atoms with E-state index in [4.69, 9.17) is 5.11 Å². The summed E-state index contributed by atoms with van der Waals surface area (Å²) in [4.78, 5) is 24.8. The van der Waals surface area contributed by atoms with Crippen LogP contribution in [0.1, 0.15) is 23.2 Å². The number of hydrogen-bond acceptors (Lipinski definition) is 3. The molecule has 0 radical (unpaired) electrons. The number of amides is 1. The Morgan fingerprint density at radius 2 is 2.11 bits per heavy atom. The summed E-state index contributed by atoms with van der Waals surface area (Å²) in [6.07, 6.45) is 1.95. The summed E-state index contributed by atoms with van der Waals surface area (Å²) >= 11 is 0. The standard InChI is InChI=1S/C13H14N2O3/c16-12(8-1-2-8)15-6-5-14-10-7-9(13(17)18)3-4-11(10)15/h3-4,7-8,14H,1-2,5-6H2,(H,17,18). The van der Waals surface area contributed by atoms with Crippen LogP contribution >= 0.6 is 0 Å². The number of anilines is 2. The third kappa shape index (κ3) is 1.81. The van der Waals surface area contributed by atoms with E-state index < -0.39 is 5.97 Å². The molecule has 2 N–H and O–H groups in total. The van der Waals surface area contributed by atoms with Gasteiger partial charge in [-0.15, -0.1) is 0 Å². The number of benzene rings is 1. The van der Waals surface area contributed by atoms with Crippen molar-refractivity contribution in [2.45, 2.75) is 12.8 Å². The van der Waals surface area contributed by atoms with Crippen molar-refractivity contribution in [3.05, 3.63) is 23.8 Å². The fraction of sp³-hybridized carbons (Fsp3) is 0.385. The largest absolute Gasteiger partial charge is 0.478 e. The number of hydrogen-bond donors (Lipinski definition) is 2. The second kappa shape index (κ2) is 4.01. The molecule has 1 heterocycles. The van der Waals surface area contributed by atoms with Gasteiger partial charge in [0.15, 0.2) is 0 Å². The molecule has 0 unspecified atom stereocenters. The number of carboxylic acids is 1. The van der Waals surface area contributed by atoms with Gasteiger partial charge in [0.25, 0.3) is 0 Å². The van der Waals surface area contributed by atoms with E-state index in [-0.39, 0.29) is 17.4 Å². The Balaban J connectivity index is 1.95. The third-order valence-corrected chi connectivity index (χ3v) is 3.38. The van der Waals surface area contributed by atoms with Gasteiger partial charge in [0.05, 0.1) is 16.9 Å². The topological polar surface area (TPSA) is 69.6 Å². The van der Waals surface area contributed by atoms with Gasteiger partial charge in [0.1, 0.15) is 0 Å². The summed E-state index contributed by atoms with van der Waals surface area (Å²) in [5.41, 5.74) is 1.76. The average molecular weight is 246 g/mol. The molecule has 0 aromatic heterocycles. The van der Waals surface area contributed by atoms with Crippen molar-refractivity contribution in [1.82, 2.24) is 0 Å². The summed E-state index contributed by atoms with van der Waals surface area (Å²) in [6.45, 7) is 1.31. The Morgan fingerprint density at radius 3 is 2.78 bits per heavy atom. The fourth-order valence-electron chi connectivity index (χ4n) is 2.25. The lowest BCUT2D eigenvalue weighted by Gasteiger charge is -2.30. The fourth-order valence-corrected chi connectivity index (χ4v) is 2.25. The minimum atomic E-state index is -0.953. The summed E-state index contributed by atoms with van der Waals surface area (Å²) in [7, 11) is 0. The highest BCUT2D eigenvalue weighted by atomic mass is 16.4. The Morgan fingerprint density at radius 1 is 1.33 bits per heavy atom. The van der Waals surface area contributed by atoms with Gasteiger partial charge in [-0.1, -0.05) is 0 Å². The zero-order chi connectivity index (χ0) is 12.7. The van der Waals surface area contributed by atoms with Crippen molar-refractivity contribution < 1.29 is 14.7 Å². The van der Waals surface area contributed by atoms with Gasteiger partial charge in [0.2, 0.25) is 5.91 Å². The smallest absolute Gasteiger partial charge is 0.335 e. The van der Waals surface area contributed by atoms with Gasteiger partial charge in [0, 0.05) is 19.0 Å². The second-order valence-electron chi connectivity index (χ2n) is 4.73. The van der Waals surface area contributed by atoms with E-state index in [9.17, 15) is 9.59 Å². The van der Waals surface area contributed by atoms with E-state index in [0.717, 1.165) is 24.2 Å². The molecular formula is C13H14N2O3. The highest BCUT2D eigenvalue weighted by molar-refractivity contribution is 6.01. The minimum absolute atomic E-state index is 0.167. The first-order chi connectivity index (χ1) is 8.66. The number of carbonyl (C=O) groups excluding carboxylic acids is 1. The van der Waals surface area contributed by atoms with Gasteiger partial charge in [-0.3, -0.25) is 4.79 Å². The monoisotopic (exact) mass is 246 g/mol. The molecule has 0 atom stereocenters. The summed E-state index contributed by atoms with van der Waals surface area (Å²) < 4.78 is 0. The maximum atomic E-state index is 12.1. The summed E-state index contributed by atoms with van der Waals surface area (Å²) in [5.74, 6) is -0.610. The van der Waals surface area contributed by atoms with Crippen LogP contribution in [0.2, 0.25) is 0 Å². The molecule has 1 aliphatic carbocycles. The van der Waals surface area contributed by atoms with Crippen molar-refractivity contribution >= 4 is 23.3 Å². The molecule has 1 aliphatic heterocycles. The molecule has 5 nitrogen and oxygen atoms in total. The minimum Gasteiger partial charge on any atom is -0.478 e. The van der Waals surface area contributed by atoms with Crippen LogP contribution in [0.4, 0.5) is 11.4 Å². The molecule has 0 saturated heterocycles. The summed E-state index contributed by atoms with van der Waals surface area (Å²) in [5, 5.41) is 12.1. The molecule has 5 heteroatoms. The van der Waals surface area contributed by atoms with Crippen LogP contribution in [-0.4, -0.2) is 30.1 Å². The van der Waals surface area contributed by atoms with Crippen LogP contribution < -0.4 is 10.2 Å². The van der Waals surface area contributed by atoms with E-state index in [1.807, 2.05) is 0 Å². The second-order valence-corrected chi connectivity index (χ2v) is 4.73. The number of rotatable bonds is 2. The van der Waals surface area contributed by atoms with E-state index in [1.165, 1.54) is 0 Å². The molecule has 1 aromatic rings. The first-order valence-electron chi connectivity index (χ1n) is 6.09. The first kappa shape index (κ1) is 11.1. The Bertz CT molecular complexity index is 523. The highest BCUT2D eigenvalue weighted by Crippen LogP contribution is 2.36. The molecule has 1 fully saturated rings. The Kier molecular flexibility index (Phi) is 2.47. The highest BCUT2D eigenvalue weighted by Gasteiger charge is 2.35. The first-order valence-corrected chi connectivity index (χ1v) is 6.09. The van der Waals surface area contributed by atoms with Crippen LogP contribution in [0.25, 0.3) is 0 Å². The number of nitrogens with one attached hydrogen (secondary N) is 1. The van der Waals surface area contributed by atoms with E-state index in [0.29, 0.717) is 13.1 Å². The molecule has 3 rings (SSSR count). The average Bonchev–Trinajstić information content (AvgIpc) is 3.20. The number of fused-ring (bicyclic) bond motifs is 1. The van der Waals surface area contributed by atoms with Crippen molar-refractivity contribution in [3.8, 4) is 0 Å². The van der Waals surface area contributed by atoms with Crippen LogP contribution in [0, 0.1) is 5.92 Å². The lowest BCUT2D eigenvalue weighted by molar-refractivity contribution is -0.119. The van der Waals surface area contributed by atoms with Crippen molar-refractivity contribution in [2.24, 2.45) is 5.92 Å². The van der Waals surface area contributed by atoms with Gasteiger partial charge < -0.3 is 15.3 Å². The maximum absolute atomic E-state index is 12.1. The van der Waals surface area contributed by atoms with Crippen LogP contribution in [0.5, 0.6) is 0 Å². The molecule has 18 heavy (non-hydrogen) atoms. The van der Waals surface area contributed by atoms with Gasteiger partial charge in [-0.2, -0.15) is 0 Å². The van der Waals surface area contributed by atoms with Crippen molar-refractivity contribution in [1.29, 1.82) is 0 Å². The predicted molar refractivity (Wildman–Crippen MR) is 67.0 cm³/mol. The van der Waals surface area contributed by atoms with Crippen molar-refractivity contribution in [2.75, 3.05) is 23.3 Å². The maximum Gasteiger partial charge on any atom is 0.335 e. The molecule has 1 amide bonds. The number of nitrogens with zero attached hydrogens (tertiary/aromatic N) is 1. The van der Waals surface area contributed by atoms with E-state index >= 15 is 0 Å². The molecule has 94 valence electrons. The Hall–Kier alpha value is -2.04. The zero-order valence-corrected chi connectivity index (χ0v) is 9.85. The predicted octanol–water partition coefficient (Wildman–Crippen LogP) is 1.55. The quantitative estimate of drug-likeness (QED) is 0.830. The lowest BCUT2D eigenvalue weighted by Crippen LogP contribution is -2.39. The van der Waals surface area contributed by atoms with Gasteiger partial charge in [-0.05, 0) is 31.0 Å². The molecule has 1 aromatic carbocycles. The van der Waals surface area contributed by atoms with Crippen molar-refractivity contribution in [3.63, 3.8) is 0 Å². The molecular weight excluding hydrogens is 232 g/mol. The number of carbonyl (C=O) groups is 2. The van der Waals surface area contributed by atoms with Gasteiger partial charge in [-0.25, -0.2) is 4.79 Å². The van der Waals surface area contributed by atoms with Crippen LogP contribution in [0.3, 0.4) is 0 Å². The zero-order valence-electron chi connectivity index (χ0n) is 9.85. The van der Waals surface area contributed by atoms with Crippen LogP contribution in [-0.2, 0) is 4.79 Å². The molecule has 1 saturated carbocycles. The lowest BCUT2D eigenvalue weighted by atomic mass is 10.1. The molecule has 0 spiro atoms. The summed E-state index contributed by atoms with van der Waals surface area (Å²) in [6, 6.07) is 4.84. The number of carboxylic acid groups (broad SMARTS) is 1. The SMILES string of the molecule is O=C(O)c1ccc2c(c1)NCCN2C(=O)C1CC1. The van der Waals surface area contributed by atoms with Gasteiger partial charge >= 0.3 is 5.97 Å². The van der Waals surface area contributed by atoms with Crippen LogP contribution in [0.15, 0.2) is 18.2 Å². The van der Waals surface area contributed by atoms with E-state index in [1.54, 1.807) is 23.1 Å². The Labute approximate surface area is 104 Å². The molecule has 2 aliphatic rings.